The van der Waals surface area contributed by atoms with E-state index in [1.54, 1.807) is 12.1 Å². The van der Waals surface area contributed by atoms with Crippen LogP contribution >= 0.6 is 0 Å². The molecule has 3 rings (SSSR count). The maximum Gasteiger partial charge on any atom is 0.146 e. The molecule has 6 nitrogen and oxygen atoms in total. The summed E-state index contributed by atoms with van der Waals surface area (Å²) in [6, 6.07) is 12.3. The van der Waals surface area contributed by atoms with Crippen LogP contribution in [0.2, 0.25) is 0 Å². The van der Waals surface area contributed by atoms with Gasteiger partial charge in [0.1, 0.15) is 34.8 Å². The monoisotopic (exact) mass is 271 g/mol. The fourth-order valence-electron chi connectivity index (χ4n) is 1.89. The third kappa shape index (κ3) is 2.28. The van der Waals surface area contributed by atoms with Crippen molar-refractivity contribution in [3.8, 4) is 17.2 Å². The lowest BCUT2D eigenvalue weighted by Gasteiger charge is -2.07. The van der Waals surface area contributed by atoms with Gasteiger partial charge < -0.3 is 14.9 Å². The molecule has 1 heterocycles. The molecule has 0 aliphatic rings. The van der Waals surface area contributed by atoms with Crippen molar-refractivity contribution in [2.75, 3.05) is 13.2 Å². The van der Waals surface area contributed by atoms with Gasteiger partial charge in [0.2, 0.25) is 0 Å². The topological polar surface area (TPSA) is 80.4 Å². The van der Waals surface area contributed by atoms with Crippen molar-refractivity contribution in [3.05, 3.63) is 42.5 Å². The van der Waals surface area contributed by atoms with E-state index in [1.807, 2.05) is 24.3 Å². The second kappa shape index (κ2) is 5.18. The number of fused-ring (bicyclic) bond motifs is 1. The molecular formula is C14H13N3O3. The molecule has 0 aliphatic carbocycles. The largest absolute Gasteiger partial charge is 0.505 e. The summed E-state index contributed by atoms with van der Waals surface area (Å²) >= 11 is 0. The Morgan fingerprint density at radius 3 is 2.35 bits per heavy atom. The Morgan fingerprint density at radius 1 is 1.05 bits per heavy atom. The van der Waals surface area contributed by atoms with Crippen molar-refractivity contribution in [2.24, 2.45) is 0 Å². The molecule has 2 aromatic carbocycles. The number of aromatic nitrogens is 3. The van der Waals surface area contributed by atoms with E-state index in [4.69, 9.17) is 9.84 Å². The first-order valence-corrected chi connectivity index (χ1v) is 6.17. The Morgan fingerprint density at radius 2 is 1.75 bits per heavy atom. The normalized spacial score (nSPS) is 10.8. The van der Waals surface area contributed by atoms with Gasteiger partial charge in [0.05, 0.1) is 6.61 Å². The summed E-state index contributed by atoms with van der Waals surface area (Å²) in [7, 11) is 0. The first-order chi connectivity index (χ1) is 9.78. The third-order valence-electron chi connectivity index (χ3n) is 2.81. The van der Waals surface area contributed by atoms with Crippen molar-refractivity contribution in [1.82, 2.24) is 15.0 Å². The Labute approximate surface area is 114 Å². The lowest BCUT2D eigenvalue weighted by atomic mass is 10.3. The lowest BCUT2D eigenvalue weighted by molar-refractivity contribution is 0.201. The zero-order chi connectivity index (χ0) is 13.9. The molecule has 1 aromatic heterocycles. The van der Waals surface area contributed by atoms with E-state index in [0.29, 0.717) is 11.4 Å². The molecule has 0 saturated heterocycles. The summed E-state index contributed by atoms with van der Waals surface area (Å²) in [5.74, 6) is 0.498. The van der Waals surface area contributed by atoms with Gasteiger partial charge in [0.15, 0.2) is 0 Å². The van der Waals surface area contributed by atoms with Gasteiger partial charge in [-0.25, -0.2) is 0 Å². The number of aliphatic hydroxyl groups excluding tert-OH is 1. The molecule has 0 saturated carbocycles. The summed E-state index contributed by atoms with van der Waals surface area (Å²) in [4.78, 5) is 1.38. The van der Waals surface area contributed by atoms with Gasteiger partial charge in [0, 0.05) is 6.07 Å². The highest BCUT2D eigenvalue weighted by molar-refractivity contribution is 5.73. The molecule has 3 aromatic rings. The average molecular weight is 271 g/mol. The Balaban J connectivity index is 1.97. The predicted molar refractivity (Wildman–Crippen MR) is 73.1 cm³/mol. The lowest BCUT2D eigenvalue weighted by Crippen LogP contribution is -2.03. The van der Waals surface area contributed by atoms with E-state index < -0.39 is 0 Å². The number of ether oxygens (including phenoxy) is 1. The van der Waals surface area contributed by atoms with Crippen molar-refractivity contribution in [1.29, 1.82) is 0 Å². The molecule has 6 heteroatoms. The molecule has 0 radical (unpaired) electrons. The quantitative estimate of drug-likeness (QED) is 0.751. The van der Waals surface area contributed by atoms with Crippen molar-refractivity contribution in [2.45, 2.75) is 0 Å². The number of rotatable bonds is 4. The molecule has 102 valence electrons. The van der Waals surface area contributed by atoms with Crippen molar-refractivity contribution < 1.29 is 14.9 Å². The summed E-state index contributed by atoms with van der Waals surface area (Å²) in [6.07, 6.45) is 0. The minimum absolute atomic E-state index is 0.0146. The summed E-state index contributed by atoms with van der Waals surface area (Å²) in [5.41, 5.74) is 1.98. The van der Waals surface area contributed by atoms with E-state index >= 15 is 0 Å². The number of aromatic hydroxyl groups is 1. The Kier molecular flexibility index (Phi) is 3.22. The van der Waals surface area contributed by atoms with Gasteiger partial charge in [-0.15, -0.1) is 15.0 Å². The van der Waals surface area contributed by atoms with E-state index in [0.717, 1.165) is 11.0 Å². The van der Waals surface area contributed by atoms with Crippen LogP contribution in [-0.2, 0) is 0 Å². The fourth-order valence-corrected chi connectivity index (χ4v) is 1.89. The first-order valence-electron chi connectivity index (χ1n) is 6.17. The average Bonchev–Trinajstić information content (AvgIpc) is 2.88. The van der Waals surface area contributed by atoms with Gasteiger partial charge in [0.25, 0.3) is 0 Å². The van der Waals surface area contributed by atoms with Crippen LogP contribution in [0.4, 0.5) is 0 Å². The highest BCUT2D eigenvalue weighted by atomic mass is 16.5. The van der Waals surface area contributed by atoms with Crippen LogP contribution in [0, 0.1) is 0 Å². The maximum atomic E-state index is 10.0. The second-order valence-corrected chi connectivity index (χ2v) is 4.20. The summed E-state index contributed by atoms with van der Waals surface area (Å²) < 4.78 is 5.23. The zero-order valence-corrected chi connectivity index (χ0v) is 10.6. The maximum absolute atomic E-state index is 10.0. The van der Waals surface area contributed by atoms with Gasteiger partial charge in [-0.1, -0.05) is 12.1 Å². The molecule has 0 atom stereocenters. The van der Waals surface area contributed by atoms with Crippen LogP contribution in [0.3, 0.4) is 0 Å². The third-order valence-corrected chi connectivity index (χ3v) is 2.81. The Bertz CT molecular complexity index is 706. The number of hydrogen-bond donors (Lipinski definition) is 2. The number of benzene rings is 2. The van der Waals surface area contributed by atoms with E-state index in [1.165, 1.54) is 10.9 Å². The number of aliphatic hydroxyl groups is 1. The Hall–Kier alpha value is -2.60. The summed E-state index contributed by atoms with van der Waals surface area (Å²) in [5, 5.41) is 27.3. The van der Waals surface area contributed by atoms with E-state index in [9.17, 15) is 5.11 Å². The van der Waals surface area contributed by atoms with Crippen LogP contribution < -0.4 is 4.74 Å². The SMILES string of the molecule is OCCOc1ccc(-n2nc3ccccc3n2)c(O)c1. The minimum Gasteiger partial charge on any atom is -0.505 e. The molecule has 0 unspecified atom stereocenters. The highest BCUT2D eigenvalue weighted by Crippen LogP contribution is 2.26. The van der Waals surface area contributed by atoms with Crippen LogP contribution in [0.15, 0.2) is 42.5 Å². The molecule has 2 N–H and O–H groups in total. The van der Waals surface area contributed by atoms with Gasteiger partial charge in [-0.2, -0.15) is 0 Å². The number of phenolic OH excluding ortho intramolecular Hbond substituents is 1. The zero-order valence-electron chi connectivity index (χ0n) is 10.6. The highest BCUT2D eigenvalue weighted by Gasteiger charge is 2.09. The van der Waals surface area contributed by atoms with Gasteiger partial charge in [-0.05, 0) is 24.3 Å². The van der Waals surface area contributed by atoms with E-state index in [-0.39, 0.29) is 19.0 Å². The second-order valence-electron chi connectivity index (χ2n) is 4.20. The molecule has 0 bridgehead atoms. The fraction of sp³-hybridized carbons (Fsp3) is 0.143. The van der Waals surface area contributed by atoms with Crippen molar-refractivity contribution >= 4 is 11.0 Å². The molecule has 0 fully saturated rings. The number of phenols is 1. The molecule has 0 amide bonds. The van der Waals surface area contributed by atoms with Crippen LogP contribution in [0.5, 0.6) is 11.5 Å². The molecular weight excluding hydrogens is 258 g/mol. The van der Waals surface area contributed by atoms with Crippen molar-refractivity contribution in [3.63, 3.8) is 0 Å². The van der Waals surface area contributed by atoms with Gasteiger partial charge >= 0.3 is 0 Å². The van der Waals surface area contributed by atoms with E-state index in [2.05, 4.69) is 10.2 Å². The minimum atomic E-state index is -0.0748. The molecule has 20 heavy (non-hydrogen) atoms. The number of nitrogens with zero attached hydrogens (tertiary/aromatic N) is 3. The van der Waals surface area contributed by atoms with Crippen LogP contribution in [-0.4, -0.2) is 38.4 Å². The molecule has 0 spiro atoms. The predicted octanol–water partition coefficient (Wildman–Crippen LogP) is 1.50. The standard InChI is InChI=1S/C14H13N3O3/c18-7-8-20-10-5-6-13(14(19)9-10)17-15-11-3-1-2-4-12(11)16-17/h1-6,9,18-19H,7-8H2. The first kappa shape index (κ1) is 12.4. The number of hydrogen-bond acceptors (Lipinski definition) is 5. The molecule has 0 aliphatic heterocycles. The summed E-state index contributed by atoms with van der Waals surface area (Å²) in [6.45, 7) is 0.108. The van der Waals surface area contributed by atoms with Crippen LogP contribution in [0.1, 0.15) is 0 Å². The smallest absolute Gasteiger partial charge is 0.146 e. The van der Waals surface area contributed by atoms with Crippen LogP contribution in [0.25, 0.3) is 16.7 Å². The van der Waals surface area contributed by atoms with Gasteiger partial charge in [-0.3, -0.25) is 0 Å².